The summed E-state index contributed by atoms with van der Waals surface area (Å²) in [5.74, 6) is -0.0294. The lowest BCUT2D eigenvalue weighted by molar-refractivity contribution is -0.142. The Hall–Kier alpha value is -3.54. The summed E-state index contributed by atoms with van der Waals surface area (Å²) < 4.78 is 10.7. The number of hydrogen-bond acceptors (Lipinski definition) is 6. The molecule has 0 aliphatic carbocycles. The van der Waals surface area contributed by atoms with Crippen LogP contribution >= 0.6 is 0 Å². The lowest BCUT2D eigenvalue weighted by atomic mass is 10.0. The molecule has 0 saturated carbocycles. The first-order chi connectivity index (χ1) is 14.3. The fraction of sp³-hybridized carbons (Fsp3) is 0.217. The Bertz CT molecular complexity index is 979. The normalized spacial score (nSPS) is 13.6. The number of ether oxygens (including phenoxy) is 2. The van der Waals surface area contributed by atoms with E-state index in [4.69, 9.17) is 14.5 Å². The molecule has 0 fully saturated rings. The van der Waals surface area contributed by atoms with Gasteiger partial charge in [0, 0.05) is 11.1 Å². The van der Waals surface area contributed by atoms with Crippen molar-refractivity contribution in [1.29, 1.82) is 0 Å². The zero-order valence-corrected chi connectivity index (χ0v) is 16.1. The van der Waals surface area contributed by atoms with Crippen LogP contribution in [0.3, 0.4) is 0 Å². The monoisotopic (exact) mass is 387 g/mol. The van der Waals surface area contributed by atoms with Gasteiger partial charge in [-0.05, 0) is 12.8 Å². The standard InChI is InChI=1S/C23H21N3O3/c1-28-23(27)21(19-15-24-18-13-8-14-29-22(18)25-19)26-20(16-9-4-2-5-10-16)17-11-6-3-7-12-17/h2-7,9-12,15,21H,8,13-14H2,1H3. The number of benzene rings is 2. The van der Waals surface area contributed by atoms with E-state index in [9.17, 15) is 4.79 Å². The second kappa shape index (κ2) is 8.65. The van der Waals surface area contributed by atoms with E-state index in [1.807, 2.05) is 60.7 Å². The third-order valence-electron chi connectivity index (χ3n) is 4.68. The lowest BCUT2D eigenvalue weighted by Crippen LogP contribution is -2.19. The fourth-order valence-electron chi connectivity index (χ4n) is 3.23. The zero-order valence-electron chi connectivity index (χ0n) is 16.1. The molecule has 3 aromatic rings. The predicted molar refractivity (Wildman–Crippen MR) is 109 cm³/mol. The van der Waals surface area contributed by atoms with Crippen LogP contribution in [-0.2, 0) is 16.0 Å². The summed E-state index contributed by atoms with van der Waals surface area (Å²) in [6.07, 6.45) is 3.31. The average Bonchev–Trinajstić information content (AvgIpc) is 2.80. The van der Waals surface area contributed by atoms with Gasteiger partial charge in [0.05, 0.1) is 31.3 Å². The number of fused-ring (bicyclic) bond motifs is 1. The van der Waals surface area contributed by atoms with E-state index in [0.29, 0.717) is 23.9 Å². The molecule has 1 aromatic heterocycles. The van der Waals surface area contributed by atoms with Gasteiger partial charge in [0.1, 0.15) is 5.69 Å². The minimum absolute atomic E-state index is 0.405. The van der Waals surface area contributed by atoms with Crippen molar-refractivity contribution < 1.29 is 14.3 Å². The molecule has 146 valence electrons. The first-order valence-corrected chi connectivity index (χ1v) is 9.51. The molecule has 1 aliphatic heterocycles. The third-order valence-corrected chi connectivity index (χ3v) is 4.68. The highest BCUT2D eigenvalue weighted by Gasteiger charge is 2.26. The van der Waals surface area contributed by atoms with Crippen molar-refractivity contribution in [3.05, 3.63) is 89.4 Å². The molecule has 6 heteroatoms. The largest absolute Gasteiger partial charge is 0.476 e. The summed E-state index contributed by atoms with van der Waals surface area (Å²) in [5, 5.41) is 0. The van der Waals surface area contributed by atoms with Crippen LogP contribution < -0.4 is 4.74 Å². The Morgan fingerprint density at radius 1 is 1.07 bits per heavy atom. The number of carbonyl (C=O) groups excluding carboxylic acids is 1. The topological polar surface area (TPSA) is 73.7 Å². The number of aromatic nitrogens is 2. The highest BCUT2D eigenvalue weighted by Crippen LogP contribution is 2.26. The molecule has 0 bridgehead atoms. The van der Waals surface area contributed by atoms with Crippen LogP contribution in [0.1, 0.15) is 35.0 Å². The molecule has 0 radical (unpaired) electrons. The van der Waals surface area contributed by atoms with Gasteiger partial charge >= 0.3 is 5.97 Å². The zero-order chi connectivity index (χ0) is 20.1. The summed E-state index contributed by atoms with van der Waals surface area (Å²) in [6, 6.07) is 18.5. The minimum atomic E-state index is -0.946. The summed E-state index contributed by atoms with van der Waals surface area (Å²) in [6.45, 7) is 0.594. The average molecular weight is 387 g/mol. The van der Waals surface area contributed by atoms with Gasteiger partial charge in [-0.2, -0.15) is 0 Å². The predicted octanol–water partition coefficient (Wildman–Crippen LogP) is 3.55. The molecule has 0 saturated heterocycles. The van der Waals surface area contributed by atoms with Crippen molar-refractivity contribution >= 4 is 11.7 Å². The highest BCUT2D eigenvalue weighted by molar-refractivity contribution is 6.13. The molecule has 4 rings (SSSR count). The van der Waals surface area contributed by atoms with Gasteiger partial charge in [0.2, 0.25) is 5.88 Å². The molecule has 0 spiro atoms. The maximum Gasteiger partial charge on any atom is 0.336 e. The summed E-state index contributed by atoms with van der Waals surface area (Å²) in [7, 11) is 1.35. The fourth-order valence-corrected chi connectivity index (χ4v) is 3.23. The number of carbonyl (C=O) groups is 1. The summed E-state index contributed by atoms with van der Waals surface area (Å²) in [4.78, 5) is 26.4. The van der Waals surface area contributed by atoms with Crippen LogP contribution in [0.2, 0.25) is 0 Å². The molecule has 0 amide bonds. The van der Waals surface area contributed by atoms with Crippen LogP contribution in [0.25, 0.3) is 0 Å². The van der Waals surface area contributed by atoms with Crippen LogP contribution in [0.4, 0.5) is 0 Å². The highest BCUT2D eigenvalue weighted by atomic mass is 16.5. The van der Waals surface area contributed by atoms with Crippen molar-refractivity contribution in [3.63, 3.8) is 0 Å². The van der Waals surface area contributed by atoms with Crippen LogP contribution in [0.5, 0.6) is 5.88 Å². The van der Waals surface area contributed by atoms with Crippen LogP contribution in [-0.4, -0.2) is 35.4 Å². The molecular formula is C23H21N3O3. The molecule has 2 heterocycles. The van der Waals surface area contributed by atoms with E-state index >= 15 is 0 Å². The molecule has 1 aliphatic rings. The quantitative estimate of drug-likeness (QED) is 0.494. The van der Waals surface area contributed by atoms with E-state index in [1.54, 1.807) is 6.20 Å². The molecule has 6 nitrogen and oxygen atoms in total. The molecule has 2 aromatic carbocycles. The lowest BCUT2D eigenvalue weighted by Gasteiger charge is -2.18. The number of hydrogen-bond donors (Lipinski definition) is 0. The maximum absolute atomic E-state index is 12.6. The number of esters is 1. The smallest absolute Gasteiger partial charge is 0.336 e. The summed E-state index contributed by atoms with van der Waals surface area (Å²) in [5.41, 5.74) is 3.69. The van der Waals surface area contributed by atoms with Crippen molar-refractivity contribution in [3.8, 4) is 5.88 Å². The van der Waals surface area contributed by atoms with E-state index in [0.717, 1.165) is 29.7 Å². The first kappa shape index (κ1) is 18.8. The van der Waals surface area contributed by atoms with Gasteiger partial charge in [-0.25, -0.2) is 9.78 Å². The van der Waals surface area contributed by atoms with Crippen LogP contribution in [0.15, 0.2) is 71.9 Å². The number of methoxy groups -OCH3 is 1. The summed E-state index contributed by atoms with van der Waals surface area (Å²) >= 11 is 0. The van der Waals surface area contributed by atoms with E-state index in [-0.39, 0.29) is 0 Å². The Morgan fingerprint density at radius 3 is 2.34 bits per heavy atom. The van der Waals surface area contributed by atoms with Crippen molar-refractivity contribution in [2.45, 2.75) is 18.9 Å². The van der Waals surface area contributed by atoms with Crippen molar-refractivity contribution in [1.82, 2.24) is 9.97 Å². The van der Waals surface area contributed by atoms with E-state index in [1.165, 1.54) is 7.11 Å². The number of aliphatic imine (C=N–C) groups is 1. The van der Waals surface area contributed by atoms with Gasteiger partial charge in [-0.15, -0.1) is 0 Å². The maximum atomic E-state index is 12.6. The molecule has 1 unspecified atom stereocenters. The van der Waals surface area contributed by atoms with Crippen molar-refractivity contribution in [2.24, 2.45) is 4.99 Å². The third kappa shape index (κ3) is 4.16. The van der Waals surface area contributed by atoms with Crippen LogP contribution in [0, 0.1) is 0 Å². The second-order valence-electron chi connectivity index (χ2n) is 6.63. The van der Waals surface area contributed by atoms with Gasteiger partial charge in [-0.1, -0.05) is 60.7 Å². The SMILES string of the molecule is COC(=O)C(N=C(c1ccccc1)c1ccccc1)c1cnc2c(n1)OCCC2. The molecule has 0 N–H and O–H groups in total. The van der Waals surface area contributed by atoms with E-state index < -0.39 is 12.0 Å². The Morgan fingerprint density at radius 2 is 1.72 bits per heavy atom. The molecular weight excluding hydrogens is 366 g/mol. The number of rotatable bonds is 5. The first-order valence-electron chi connectivity index (χ1n) is 9.51. The minimum Gasteiger partial charge on any atom is -0.476 e. The van der Waals surface area contributed by atoms with Gasteiger partial charge in [0.15, 0.2) is 6.04 Å². The Balaban J connectivity index is 1.83. The molecule has 29 heavy (non-hydrogen) atoms. The van der Waals surface area contributed by atoms with Gasteiger partial charge in [-0.3, -0.25) is 9.98 Å². The number of nitrogens with zero attached hydrogens (tertiary/aromatic N) is 3. The van der Waals surface area contributed by atoms with Crippen molar-refractivity contribution in [2.75, 3.05) is 13.7 Å². The van der Waals surface area contributed by atoms with Gasteiger partial charge in [0.25, 0.3) is 0 Å². The second-order valence-corrected chi connectivity index (χ2v) is 6.63. The van der Waals surface area contributed by atoms with E-state index in [2.05, 4.69) is 9.97 Å². The van der Waals surface area contributed by atoms with Gasteiger partial charge < -0.3 is 9.47 Å². The number of aryl methyl sites for hydroxylation is 1. The Labute approximate surface area is 169 Å². The Kier molecular flexibility index (Phi) is 5.61. The molecule has 1 atom stereocenters.